The monoisotopic (exact) mass is 339 g/mol. The van der Waals surface area contributed by atoms with E-state index in [1.807, 2.05) is 41.3 Å². The molecule has 1 aliphatic heterocycles. The molecule has 0 aromatic heterocycles. The van der Waals surface area contributed by atoms with Gasteiger partial charge in [-0.25, -0.2) is 0 Å². The number of hydrogen-bond donors (Lipinski definition) is 0. The Labute approximate surface area is 149 Å². The van der Waals surface area contributed by atoms with Crippen LogP contribution in [0.1, 0.15) is 12.0 Å². The molecule has 1 amide bonds. The molecule has 0 aliphatic carbocycles. The average molecular weight is 339 g/mol. The Morgan fingerprint density at radius 3 is 2.44 bits per heavy atom. The molecule has 3 rings (SSSR count). The molecule has 1 heterocycles. The number of carbonyl (C=O) groups excluding carboxylic acids is 1. The van der Waals surface area contributed by atoms with Crippen molar-refractivity contribution >= 4 is 5.91 Å². The Balaban J connectivity index is 1.58. The molecule has 0 spiro atoms. The minimum atomic E-state index is 0.0384. The van der Waals surface area contributed by atoms with E-state index in [-0.39, 0.29) is 18.6 Å². The number of para-hydroxylation sites is 1. The highest BCUT2D eigenvalue weighted by Gasteiger charge is 2.31. The first kappa shape index (κ1) is 17.5. The van der Waals surface area contributed by atoms with Gasteiger partial charge in [0.1, 0.15) is 5.75 Å². The summed E-state index contributed by atoms with van der Waals surface area (Å²) in [7, 11) is 1.76. The Hall–Kier alpha value is -2.33. The predicted octanol–water partition coefficient (Wildman–Crippen LogP) is 3.17. The van der Waals surface area contributed by atoms with Gasteiger partial charge in [-0.2, -0.15) is 0 Å². The van der Waals surface area contributed by atoms with Crippen molar-refractivity contribution in [2.75, 3.05) is 26.8 Å². The first-order valence-electron chi connectivity index (χ1n) is 8.78. The van der Waals surface area contributed by atoms with Crippen molar-refractivity contribution in [1.82, 2.24) is 4.90 Å². The molecule has 2 aromatic carbocycles. The molecule has 2 atom stereocenters. The quantitative estimate of drug-likeness (QED) is 0.811. The molecular weight excluding hydrogens is 314 g/mol. The summed E-state index contributed by atoms with van der Waals surface area (Å²) in [6.45, 7) is 1.52. The second-order valence-electron chi connectivity index (χ2n) is 6.45. The molecule has 0 saturated carbocycles. The topological polar surface area (TPSA) is 38.8 Å². The van der Waals surface area contributed by atoms with E-state index in [0.717, 1.165) is 25.1 Å². The molecular formula is C21H25NO3. The van der Waals surface area contributed by atoms with E-state index < -0.39 is 0 Å². The van der Waals surface area contributed by atoms with Gasteiger partial charge in [-0.1, -0.05) is 48.5 Å². The van der Waals surface area contributed by atoms with Crippen LogP contribution in [0.5, 0.6) is 5.75 Å². The third-order valence-corrected chi connectivity index (χ3v) is 4.77. The van der Waals surface area contributed by atoms with Gasteiger partial charge in [0.05, 0.1) is 6.10 Å². The molecule has 2 aromatic rings. The first-order chi connectivity index (χ1) is 12.3. The van der Waals surface area contributed by atoms with Crippen LogP contribution in [0.15, 0.2) is 60.7 Å². The molecule has 0 N–H and O–H groups in total. The van der Waals surface area contributed by atoms with E-state index in [4.69, 9.17) is 9.47 Å². The lowest BCUT2D eigenvalue weighted by atomic mass is 9.88. The number of nitrogens with zero attached hydrogens (tertiary/aromatic N) is 1. The zero-order valence-electron chi connectivity index (χ0n) is 14.6. The second kappa shape index (κ2) is 8.67. The summed E-state index contributed by atoms with van der Waals surface area (Å²) in [5, 5.41) is 0. The van der Waals surface area contributed by atoms with Crippen molar-refractivity contribution < 1.29 is 14.3 Å². The molecule has 25 heavy (non-hydrogen) atoms. The molecule has 1 aliphatic rings. The molecule has 0 radical (unpaired) electrons. The van der Waals surface area contributed by atoms with Crippen LogP contribution in [-0.2, 0) is 16.0 Å². The van der Waals surface area contributed by atoms with Crippen molar-refractivity contribution in [3.63, 3.8) is 0 Å². The van der Waals surface area contributed by atoms with Crippen LogP contribution in [0, 0.1) is 5.92 Å². The van der Waals surface area contributed by atoms with Crippen molar-refractivity contribution in [3.8, 4) is 5.75 Å². The maximum Gasteiger partial charge on any atom is 0.260 e. The summed E-state index contributed by atoms with van der Waals surface area (Å²) in [5.74, 6) is 1.07. The molecule has 0 unspecified atom stereocenters. The fraction of sp³-hybridized carbons (Fsp3) is 0.381. The molecule has 4 nitrogen and oxygen atoms in total. The van der Waals surface area contributed by atoms with Crippen LogP contribution in [0.4, 0.5) is 0 Å². The Kier molecular flexibility index (Phi) is 6.07. The Bertz CT molecular complexity index is 659. The van der Waals surface area contributed by atoms with E-state index in [1.54, 1.807) is 7.11 Å². The Morgan fingerprint density at radius 1 is 1.08 bits per heavy atom. The largest absolute Gasteiger partial charge is 0.484 e. The fourth-order valence-electron chi connectivity index (χ4n) is 3.41. The lowest BCUT2D eigenvalue weighted by Crippen LogP contribution is -2.48. The number of rotatable bonds is 6. The summed E-state index contributed by atoms with van der Waals surface area (Å²) < 4.78 is 11.3. The molecule has 1 saturated heterocycles. The number of carbonyl (C=O) groups is 1. The summed E-state index contributed by atoms with van der Waals surface area (Å²) in [4.78, 5) is 14.4. The van der Waals surface area contributed by atoms with E-state index in [0.29, 0.717) is 12.5 Å². The predicted molar refractivity (Wildman–Crippen MR) is 97.6 cm³/mol. The van der Waals surface area contributed by atoms with Crippen molar-refractivity contribution in [2.45, 2.75) is 18.9 Å². The SMILES string of the molecule is CO[C@H]1CCN(C(=O)COc2ccccc2)C[C@@H]1Cc1ccccc1. The number of ether oxygens (including phenoxy) is 2. The smallest absolute Gasteiger partial charge is 0.260 e. The van der Waals surface area contributed by atoms with Crippen molar-refractivity contribution in [3.05, 3.63) is 66.2 Å². The van der Waals surface area contributed by atoms with Crippen LogP contribution in [0.2, 0.25) is 0 Å². The standard InChI is InChI=1S/C21H25NO3/c1-24-20-12-13-22(15-18(20)14-17-8-4-2-5-9-17)21(23)16-25-19-10-6-3-7-11-19/h2-11,18,20H,12-16H2,1H3/t18-,20-/m0/s1. The normalized spacial score (nSPS) is 20.3. The Morgan fingerprint density at radius 2 is 1.76 bits per heavy atom. The number of piperidine rings is 1. The second-order valence-corrected chi connectivity index (χ2v) is 6.45. The number of amides is 1. The van der Waals surface area contributed by atoms with E-state index in [9.17, 15) is 4.79 Å². The first-order valence-corrected chi connectivity index (χ1v) is 8.78. The molecule has 132 valence electrons. The van der Waals surface area contributed by atoms with Crippen LogP contribution in [0.25, 0.3) is 0 Å². The number of methoxy groups -OCH3 is 1. The van der Waals surface area contributed by atoms with Gasteiger partial charge in [0.25, 0.3) is 5.91 Å². The number of benzene rings is 2. The van der Waals surface area contributed by atoms with Crippen LogP contribution >= 0.6 is 0 Å². The summed E-state index contributed by atoms with van der Waals surface area (Å²) in [5.41, 5.74) is 1.28. The van der Waals surface area contributed by atoms with Crippen LogP contribution in [-0.4, -0.2) is 43.7 Å². The van der Waals surface area contributed by atoms with E-state index >= 15 is 0 Å². The van der Waals surface area contributed by atoms with Gasteiger partial charge in [-0.05, 0) is 30.5 Å². The molecule has 1 fully saturated rings. The van der Waals surface area contributed by atoms with E-state index in [2.05, 4.69) is 24.3 Å². The third-order valence-electron chi connectivity index (χ3n) is 4.77. The summed E-state index contributed by atoms with van der Waals surface area (Å²) in [6.07, 6.45) is 1.98. The average Bonchev–Trinajstić information content (AvgIpc) is 2.67. The molecule has 4 heteroatoms. The third kappa shape index (κ3) is 4.83. The zero-order chi connectivity index (χ0) is 17.5. The number of hydrogen-bond acceptors (Lipinski definition) is 3. The highest BCUT2D eigenvalue weighted by Crippen LogP contribution is 2.24. The van der Waals surface area contributed by atoms with Crippen molar-refractivity contribution in [1.29, 1.82) is 0 Å². The van der Waals surface area contributed by atoms with E-state index in [1.165, 1.54) is 5.56 Å². The minimum Gasteiger partial charge on any atom is -0.484 e. The zero-order valence-corrected chi connectivity index (χ0v) is 14.6. The maximum absolute atomic E-state index is 12.5. The van der Waals surface area contributed by atoms with Gasteiger partial charge in [0.2, 0.25) is 0 Å². The maximum atomic E-state index is 12.5. The number of likely N-dealkylation sites (tertiary alicyclic amines) is 1. The van der Waals surface area contributed by atoms with Crippen LogP contribution in [0.3, 0.4) is 0 Å². The van der Waals surface area contributed by atoms with Crippen molar-refractivity contribution in [2.24, 2.45) is 5.92 Å². The highest BCUT2D eigenvalue weighted by atomic mass is 16.5. The summed E-state index contributed by atoms with van der Waals surface area (Å²) in [6, 6.07) is 19.9. The minimum absolute atomic E-state index is 0.0384. The van der Waals surface area contributed by atoms with Gasteiger partial charge < -0.3 is 14.4 Å². The fourth-order valence-corrected chi connectivity index (χ4v) is 3.41. The molecule has 0 bridgehead atoms. The highest BCUT2D eigenvalue weighted by molar-refractivity contribution is 5.77. The van der Waals surface area contributed by atoms with Crippen LogP contribution < -0.4 is 4.74 Å². The lowest BCUT2D eigenvalue weighted by Gasteiger charge is -2.38. The summed E-state index contributed by atoms with van der Waals surface area (Å²) >= 11 is 0. The van der Waals surface area contributed by atoms with Gasteiger partial charge in [0, 0.05) is 26.1 Å². The van der Waals surface area contributed by atoms with Gasteiger partial charge in [-0.3, -0.25) is 4.79 Å². The van der Waals surface area contributed by atoms with Gasteiger partial charge in [-0.15, -0.1) is 0 Å². The van der Waals surface area contributed by atoms with Gasteiger partial charge in [0.15, 0.2) is 6.61 Å². The lowest BCUT2D eigenvalue weighted by molar-refractivity contribution is -0.137. The van der Waals surface area contributed by atoms with Gasteiger partial charge >= 0.3 is 0 Å².